The van der Waals surface area contributed by atoms with Gasteiger partial charge in [-0.05, 0) is 54.7 Å². The molecule has 0 bridgehead atoms. The molecule has 1 aliphatic rings. The molecule has 2 N–H and O–H groups in total. The molecule has 1 fully saturated rings. The Morgan fingerprint density at radius 3 is 2.37 bits per heavy atom. The summed E-state index contributed by atoms with van der Waals surface area (Å²) in [7, 11) is -3.60. The number of anilines is 1. The number of pyridine rings is 1. The second-order valence-electron chi connectivity index (χ2n) is 7.76. The van der Waals surface area contributed by atoms with E-state index in [1.54, 1.807) is 18.3 Å². The zero-order chi connectivity index (χ0) is 21.7. The highest BCUT2D eigenvalue weighted by molar-refractivity contribution is 7.89. The highest BCUT2D eigenvalue weighted by Gasteiger charge is 2.31. The molecule has 0 saturated carbocycles. The number of aromatic nitrogens is 1. The molecule has 1 saturated heterocycles. The summed E-state index contributed by atoms with van der Waals surface area (Å²) in [5.41, 5.74) is 0.816. The Morgan fingerprint density at radius 2 is 1.77 bits per heavy atom. The van der Waals surface area contributed by atoms with E-state index in [1.165, 1.54) is 34.8 Å². The minimum Gasteiger partial charge on any atom is -0.343 e. The van der Waals surface area contributed by atoms with Crippen LogP contribution >= 0.6 is 0 Å². The number of sulfonamides is 1. The van der Waals surface area contributed by atoms with Gasteiger partial charge in [0, 0.05) is 24.8 Å². The maximum absolute atomic E-state index is 12.9. The van der Waals surface area contributed by atoms with Crippen molar-refractivity contribution in [1.29, 1.82) is 0 Å². The fourth-order valence-corrected chi connectivity index (χ4v) is 5.31. The van der Waals surface area contributed by atoms with Crippen LogP contribution in [0, 0.1) is 11.8 Å². The van der Waals surface area contributed by atoms with Crippen molar-refractivity contribution < 1.29 is 18.0 Å². The third kappa shape index (κ3) is 5.43. The summed E-state index contributed by atoms with van der Waals surface area (Å²) in [4.78, 5) is 28.3. The quantitative estimate of drug-likeness (QED) is 0.730. The Hall–Kier alpha value is -2.78. The van der Waals surface area contributed by atoms with Crippen molar-refractivity contribution in [1.82, 2.24) is 14.6 Å². The van der Waals surface area contributed by atoms with Crippen LogP contribution in [0.3, 0.4) is 0 Å². The number of piperidine rings is 1. The summed E-state index contributed by atoms with van der Waals surface area (Å²) in [6.07, 6.45) is 4.11. The van der Waals surface area contributed by atoms with Crippen molar-refractivity contribution >= 4 is 27.5 Å². The third-order valence-electron chi connectivity index (χ3n) is 4.94. The maximum atomic E-state index is 12.9. The Kier molecular flexibility index (Phi) is 6.84. The third-order valence-corrected chi connectivity index (χ3v) is 6.79. The van der Waals surface area contributed by atoms with Gasteiger partial charge in [-0.25, -0.2) is 8.42 Å². The Balaban J connectivity index is 1.59. The lowest BCUT2D eigenvalue weighted by Crippen LogP contribution is -2.42. The van der Waals surface area contributed by atoms with Crippen molar-refractivity contribution in [2.24, 2.45) is 11.8 Å². The van der Waals surface area contributed by atoms with Crippen LogP contribution < -0.4 is 10.6 Å². The number of hydrogen-bond acceptors (Lipinski definition) is 5. The summed E-state index contributed by atoms with van der Waals surface area (Å²) < 4.78 is 27.3. The second-order valence-corrected chi connectivity index (χ2v) is 9.70. The van der Waals surface area contributed by atoms with E-state index in [0.29, 0.717) is 30.6 Å². The lowest BCUT2D eigenvalue weighted by atomic mass is 9.94. The molecule has 1 aromatic heterocycles. The topological polar surface area (TPSA) is 108 Å². The minimum absolute atomic E-state index is 0.162. The molecule has 2 amide bonds. The first-order chi connectivity index (χ1) is 14.3. The second kappa shape index (κ2) is 9.36. The fourth-order valence-electron chi connectivity index (χ4n) is 3.63. The summed E-state index contributed by atoms with van der Waals surface area (Å²) in [6, 6.07) is 9.16. The van der Waals surface area contributed by atoms with Crippen molar-refractivity contribution in [2.75, 3.05) is 25.0 Å². The van der Waals surface area contributed by atoms with Crippen LogP contribution in [-0.2, 0) is 14.8 Å². The van der Waals surface area contributed by atoms with E-state index in [1.807, 2.05) is 0 Å². The van der Waals surface area contributed by atoms with Gasteiger partial charge in [0.25, 0.3) is 5.91 Å². The van der Waals surface area contributed by atoms with Gasteiger partial charge in [-0.2, -0.15) is 4.31 Å². The van der Waals surface area contributed by atoms with Crippen molar-refractivity contribution in [2.45, 2.75) is 25.2 Å². The molecule has 9 heteroatoms. The number of carbonyl (C=O) groups is 2. The molecule has 2 aromatic rings. The number of rotatable bonds is 6. The van der Waals surface area contributed by atoms with Crippen molar-refractivity contribution in [3.8, 4) is 0 Å². The molecule has 3 rings (SSSR count). The van der Waals surface area contributed by atoms with Crippen molar-refractivity contribution in [3.05, 3.63) is 54.4 Å². The zero-order valence-electron chi connectivity index (χ0n) is 17.0. The van der Waals surface area contributed by atoms with E-state index < -0.39 is 15.9 Å². The molecule has 0 aliphatic carbocycles. The van der Waals surface area contributed by atoms with Crippen LogP contribution in [0.15, 0.2) is 53.7 Å². The summed E-state index contributed by atoms with van der Waals surface area (Å²) in [5, 5.41) is 5.14. The molecule has 2 atom stereocenters. The molecular weight excluding hydrogens is 404 g/mol. The van der Waals surface area contributed by atoms with E-state index in [2.05, 4.69) is 29.5 Å². The zero-order valence-corrected chi connectivity index (χ0v) is 17.9. The molecule has 30 heavy (non-hydrogen) atoms. The molecular formula is C21H26N4O4S. The first kappa shape index (κ1) is 21.9. The van der Waals surface area contributed by atoms with E-state index in [9.17, 15) is 18.0 Å². The van der Waals surface area contributed by atoms with E-state index in [4.69, 9.17) is 0 Å². The number of carbonyl (C=O) groups excluding carboxylic acids is 2. The normalized spacial score (nSPS) is 19.8. The molecule has 2 unspecified atom stereocenters. The predicted molar refractivity (Wildman–Crippen MR) is 113 cm³/mol. The van der Waals surface area contributed by atoms with Gasteiger partial charge in [-0.15, -0.1) is 0 Å². The average molecular weight is 431 g/mol. The number of nitrogens with one attached hydrogen (secondary N) is 2. The molecule has 2 heterocycles. The standard InChI is InChI=1S/C21H26N4O4S/c1-15-10-16(2)14-25(13-15)30(28,29)19-7-5-17(6-8-19)21(27)23-12-20(26)24-18-4-3-9-22-11-18/h3-9,11,15-16H,10,12-14H2,1-2H3,(H,23,27)(H,24,26). The van der Waals surface area contributed by atoms with Crippen LogP contribution in [0.4, 0.5) is 5.69 Å². The first-order valence-corrected chi connectivity index (χ1v) is 11.3. The van der Waals surface area contributed by atoms with Crippen LogP contribution in [0.2, 0.25) is 0 Å². The monoisotopic (exact) mass is 430 g/mol. The summed E-state index contributed by atoms with van der Waals surface area (Å²) >= 11 is 0. The Bertz CT molecular complexity index is 983. The molecule has 8 nitrogen and oxygen atoms in total. The molecule has 0 radical (unpaired) electrons. The summed E-state index contributed by atoms with van der Waals surface area (Å²) in [5.74, 6) is -0.220. The van der Waals surface area contributed by atoms with Crippen LogP contribution in [-0.4, -0.2) is 49.2 Å². The first-order valence-electron chi connectivity index (χ1n) is 9.84. The van der Waals surface area contributed by atoms with E-state index in [0.717, 1.165) is 6.42 Å². The van der Waals surface area contributed by atoms with Gasteiger partial charge in [-0.1, -0.05) is 13.8 Å². The van der Waals surface area contributed by atoms with Gasteiger partial charge >= 0.3 is 0 Å². The molecule has 0 spiro atoms. The smallest absolute Gasteiger partial charge is 0.251 e. The SMILES string of the molecule is CC1CC(C)CN(S(=O)(=O)c2ccc(C(=O)NCC(=O)Nc3cccnc3)cc2)C1. The van der Waals surface area contributed by atoms with Gasteiger partial charge in [0.1, 0.15) is 0 Å². The lowest BCUT2D eigenvalue weighted by Gasteiger charge is -2.34. The fraction of sp³-hybridized carbons (Fsp3) is 0.381. The molecule has 1 aliphatic heterocycles. The minimum atomic E-state index is -3.60. The largest absolute Gasteiger partial charge is 0.343 e. The Labute approximate surface area is 176 Å². The highest BCUT2D eigenvalue weighted by Crippen LogP contribution is 2.26. The maximum Gasteiger partial charge on any atom is 0.251 e. The van der Waals surface area contributed by atoms with E-state index in [-0.39, 0.29) is 22.9 Å². The number of hydrogen-bond donors (Lipinski definition) is 2. The number of benzene rings is 1. The predicted octanol–water partition coefficient (Wildman–Crippen LogP) is 2.12. The summed E-state index contributed by atoms with van der Waals surface area (Å²) in [6.45, 7) is 4.89. The highest BCUT2D eigenvalue weighted by atomic mass is 32.2. The number of amides is 2. The van der Waals surface area contributed by atoms with E-state index >= 15 is 0 Å². The van der Waals surface area contributed by atoms with Gasteiger partial charge in [0.05, 0.1) is 23.3 Å². The average Bonchev–Trinajstić information content (AvgIpc) is 2.72. The van der Waals surface area contributed by atoms with Gasteiger partial charge < -0.3 is 10.6 Å². The van der Waals surface area contributed by atoms with Gasteiger partial charge in [0.15, 0.2) is 0 Å². The van der Waals surface area contributed by atoms with Crippen molar-refractivity contribution in [3.63, 3.8) is 0 Å². The van der Waals surface area contributed by atoms with Gasteiger partial charge in [0.2, 0.25) is 15.9 Å². The molecule has 1 aromatic carbocycles. The van der Waals surface area contributed by atoms with Crippen LogP contribution in [0.1, 0.15) is 30.6 Å². The van der Waals surface area contributed by atoms with Crippen LogP contribution in [0.25, 0.3) is 0 Å². The molecule has 160 valence electrons. The van der Waals surface area contributed by atoms with Gasteiger partial charge in [-0.3, -0.25) is 14.6 Å². The lowest BCUT2D eigenvalue weighted by molar-refractivity contribution is -0.115. The Morgan fingerprint density at radius 1 is 1.10 bits per heavy atom. The van der Waals surface area contributed by atoms with Crippen LogP contribution in [0.5, 0.6) is 0 Å². The number of nitrogens with zero attached hydrogens (tertiary/aromatic N) is 2.